The van der Waals surface area contributed by atoms with Gasteiger partial charge in [0.2, 0.25) is 6.04 Å². The van der Waals surface area contributed by atoms with Crippen LogP contribution < -0.4 is 0 Å². The van der Waals surface area contributed by atoms with Crippen molar-refractivity contribution >= 4 is 11.6 Å². The summed E-state index contributed by atoms with van der Waals surface area (Å²) in [5.74, 6) is 0.935. The number of hydrogen-bond acceptors (Lipinski definition) is 1. The van der Waals surface area contributed by atoms with Crippen LogP contribution in [0.5, 0.6) is 0 Å². The molecule has 0 amide bonds. The second-order valence-corrected chi connectivity index (χ2v) is 6.23. The highest BCUT2D eigenvalue weighted by Crippen LogP contribution is 2.43. The second-order valence-electron chi connectivity index (χ2n) is 5.79. The Bertz CT molecular complexity index is 490. The summed E-state index contributed by atoms with van der Waals surface area (Å²) in [5, 5.41) is 0.807. The number of rotatable bonds is 4. The van der Waals surface area contributed by atoms with Gasteiger partial charge in [-0.25, -0.2) is 6.57 Å². The number of halogens is 1. The maximum atomic E-state index is 7.35. The molecule has 1 aliphatic carbocycles. The second kappa shape index (κ2) is 5.94. The lowest BCUT2D eigenvalue weighted by atomic mass is 9.85. The molecular weight excluding hydrogens is 256 g/mol. The summed E-state index contributed by atoms with van der Waals surface area (Å²) in [6.45, 7) is 10.5. The molecule has 1 aromatic carbocycles. The van der Waals surface area contributed by atoms with E-state index in [2.05, 4.69) is 36.0 Å². The van der Waals surface area contributed by atoms with Crippen LogP contribution in [-0.2, 0) is 6.42 Å². The highest BCUT2D eigenvalue weighted by molar-refractivity contribution is 6.30. The monoisotopic (exact) mass is 276 g/mol. The minimum Gasteiger partial charge on any atom is -0.313 e. The molecule has 0 N–H and O–H groups in total. The van der Waals surface area contributed by atoms with E-state index in [-0.39, 0.29) is 6.04 Å². The third kappa shape index (κ3) is 3.11. The van der Waals surface area contributed by atoms with Gasteiger partial charge < -0.3 is 9.74 Å². The number of benzene rings is 1. The molecule has 0 aromatic heterocycles. The highest BCUT2D eigenvalue weighted by Gasteiger charge is 2.38. The molecule has 0 bridgehead atoms. The van der Waals surface area contributed by atoms with Crippen LogP contribution >= 0.6 is 11.6 Å². The van der Waals surface area contributed by atoms with E-state index >= 15 is 0 Å². The van der Waals surface area contributed by atoms with Gasteiger partial charge in [0.15, 0.2) is 0 Å². The minimum atomic E-state index is 0.0505. The van der Waals surface area contributed by atoms with Crippen molar-refractivity contribution in [3.63, 3.8) is 0 Å². The average Bonchev–Trinajstić information content (AvgIpc) is 2.72. The molecule has 0 spiro atoms. The average molecular weight is 277 g/mol. The maximum absolute atomic E-state index is 7.35. The van der Waals surface area contributed by atoms with Gasteiger partial charge in [-0.3, -0.25) is 0 Å². The van der Waals surface area contributed by atoms with Crippen molar-refractivity contribution in [3.05, 3.63) is 45.8 Å². The summed E-state index contributed by atoms with van der Waals surface area (Å²) in [4.78, 5) is 5.99. The molecule has 0 saturated carbocycles. The Morgan fingerprint density at radius 2 is 2.21 bits per heavy atom. The van der Waals surface area contributed by atoms with Crippen LogP contribution in [0, 0.1) is 12.5 Å². The zero-order chi connectivity index (χ0) is 14.0. The first-order chi connectivity index (χ1) is 9.02. The molecule has 1 aromatic rings. The van der Waals surface area contributed by atoms with Crippen molar-refractivity contribution < 1.29 is 0 Å². The Morgan fingerprint density at radius 1 is 1.47 bits per heavy atom. The molecule has 19 heavy (non-hydrogen) atoms. The Morgan fingerprint density at radius 3 is 2.84 bits per heavy atom. The molecule has 0 heterocycles. The van der Waals surface area contributed by atoms with Gasteiger partial charge in [0.25, 0.3) is 0 Å². The van der Waals surface area contributed by atoms with Gasteiger partial charge in [0, 0.05) is 11.9 Å². The first kappa shape index (κ1) is 14.4. The number of nitrogens with zero attached hydrogens (tertiary/aromatic N) is 2. The largest absolute Gasteiger partial charge is 0.313 e. The standard InChI is InChI=1S/C16H21ClN2/c1-11(18-2)16-12(7-8-19(3)4)9-13-10-14(17)5-6-15(13)16/h5-6,10-12,16H,7-9H2,1,3-4H3. The number of hydrogen-bond donors (Lipinski definition) is 0. The normalized spacial score (nSPS) is 23.2. The molecule has 3 heteroatoms. The zero-order valence-corrected chi connectivity index (χ0v) is 12.6. The van der Waals surface area contributed by atoms with Gasteiger partial charge in [0.1, 0.15) is 0 Å². The van der Waals surface area contributed by atoms with Crippen molar-refractivity contribution in [1.82, 2.24) is 4.90 Å². The van der Waals surface area contributed by atoms with E-state index in [1.165, 1.54) is 11.1 Å². The molecule has 3 atom stereocenters. The fourth-order valence-electron chi connectivity index (χ4n) is 3.18. The van der Waals surface area contributed by atoms with E-state index in [0.29, 0.717) is 11.8 Å². The van der Waals surface area contributed by atoms with Gasteiger partial charge in [0.05, 0.1) is 5.92 Å². The molecule has 0 radical (unpaired) electrons. The molecule has 2 nitrogen and oxygen atoms in total. The predicted molar refractivity (Wildman–Crippen MR) is 80.6 cm³/mol. The van der Waals surface area contributed by atoms with Gasteiger partial charge in [-0.05, 0) is 62.7 Å². The van der Waals surface area contributed by atoms with E-state index < -0.39 is 0 Å². The lowest BCUT2D eigenvalue weighted by molar-refractivity contribution is 0.323. The number of fused-ring (bicyclic) bond motifs is 1. The third-order valence-electron chi connectivity index (χ3n) is 4.12. The van der Waals surface area contributed by atoms with Crippen molar-refractivity contribution in [2.75, 3.05) is 20.6 Å². The molecule has 1 aliphatic rings. The quantitative estimate of drug-likeness (QED) is 0.758. The van der Waals surface area contributed by atoms with E-state index in [4.69, 9.17) is 18.2 Å². The molecule has 0 fully saturated rings. The topological polar surface area (TPSA) is 7.60 Å². The van der Waals surface area contributed by atoms with Crippen molar-refractivity contribution in [2.45, 2.75) is 31.7 Å². The molecule has 0 saturated heterocycles. The molecule has 2 rings (SSSR count). The van der Waals surface area contributed by atoms with Crippen LogP contribution in [0.2, 0.25) is 5.02 Å². The van der Waals surface area contributed by atoms with Crippen LogP contribution in [0.4, 0.5) is 0 Å². The fourth-order valence-corrected chi connectivity index (χ4v) is 3.37. The van der Waals surface area contributed by atoms with E-state index in [0.717, 1.165) is 24.4 Å². The predicted octanol–water partition coefficient (Wildman–Crippen LogP) is 3.86. The first-order valence-electron chi connectivity index (χ1n) is 6.82. The summed E-state index contributed by atoms with van der Waals surface area (Å²) < 4.78 is 0. The summed E-state index contributed by atoms with van der Waals surface area (Å²) in [7, 11) is 4.21. The van der Waals surface area contributed by atoms with Crippen molar-refractivity contribution in [2.24, 2.45) is 5.92 Å². The van der Waals surface area contributed by atoms with Crippen LogP contribution in [-0.4, -0.2) is 31.6 Å². The Labute approximate surface area is 121 Å². The summed E-state index contributed by atoms with van der Waals surface area (Å²) in [6.07, 6.45) is 2.21. The van der Waals surface area contributed by atoms with E-state index in [1.54, 1.807) is 0 Å². The maximum Gasteiger partial charge on any atom is 0.228 e. The van der Waals surface area contributed by atoms with Gasteiger partial charge >= 0.3 is 0 Å². The molecule has 0 aliphatic heterocycles. The van der Waals surface area contributed by atoms with E-state index in [9.17, 15) is 0 Å². The molecular formula is C16H21ClN2. The molecule has 102 valence electrons. The van der Waals surface area contributed by atoms with Gasteiger partial charge in [-0.1, -0.05) is 17.7 Å². The van der Waals surface area contributed by atoms with Crippen LogP contribution in [0.3, 0.4) is 0 Å². The van der Waals surface area contributed by atoms with Crippen molar-refractivity contribution in [3.8, 4) is 0 Å². The van der Waals surface area contributed by atoms with Gasteiger partial charge in [-0.2, -0.15) is 0 Å². The van der Waals surface area contributed by atoms with E-state index in [1.807, 2.05) is 13.0 Å². The Balaban J connectivity index is 2.25. The summed E-state index contributed by atoms with van der Waals surface area (Å²) in [5.41, 5.74) is 2.69. The minimum absolute atomic E-state index is 0.0505. The highest BCUT2D eigenvalue weighted by atomic mass is 35.5. The SMILES string of the molecule is [C-]#[N+]C(C)C1c2ccc(Cl)cc2CC1CCN(C)C. The summed E-state index contributed by atoms with van der Waals surface area (Å²) in [6, 6.07) is 6.21. The molecule has 3 unspecified atom stereocenters. The smallest absolute Gasteiger partial charge is 0.228 e. The van der Waals surface area contributed by atoms with Crippen LogP contribution in [0.25, 0.3) is 4.85 Å². The van der Waals surface area contributed by atoms with Crippen LogP contribution in [0.1, 0.15) is 30.4 Å². The van der Waals surface area contributed by atoms with Gasteiger partial charge in [-0.15, -0.1) is 0 Å². The summed E-state index contributed by atoms with van der Waals surface area (Å²) >= 11 is 6.09. The zero-order valence-electron chi connectivity index (χ0n) is 11.9. The van der Waals surface area contributed by atoms with Crippen molar-refractivity contribution in [1.29, 1.82) is 0 Å². The Hall–Kier alpha value is -1.04. The first-order valence-corrected chi connectivity index (χ1v) is 7.20. The lowest BCUT2D eigenvalue weighted by Gasteiger charge is -2.21. The van der Waals surface area contributed by atoms with Crippen LogP contribution in [0.15, 0.2) is 18.2 Å². The third-order valence-corrected chi connectivity index (χ3v) is 4.36. The lowest BCUT2D eigenvalue weighted by Crippen LogP contribution is -2.23. The Kier molecular flexibility index (Phi) is 4.50. The fraction of sp³-hybridized carbons (Fsp3) is 0.562.